The first-order valence-electron chi connectivity index (χ1n) is 19.0. The standard InChI is InChI=1S/C40H46N10O3/c1-48(24-25-14-16-49(17-15-25)32-8-2-27(3-9-32)33-12-13-37(51)47-39(33)52)31-10-6-30(7-11-31)46-40(53)34-23-42-36(19-35(34)45-29-4-5-29)50-38-28(22-44-50)18-26(20-41)21-43-38/h2-3,8-9,18-19,21-23,25,29-31,33H,4-7,10-17,24H2,1H3,(H,42,45)(H,46,53)(H,47,51,52). The van der Waals surface area contributed by atoms with Crippen LogP contribution in [0.1, 0.15) is 91.6 Å². The molecule has 13 nitrogen and oxygen atoms in total. The fourth-order valence-corrected chi connectivity index (χ4v) is 8.24. The van der Waals surface area contributed by atoms with Gasteiger partial charge in [0.1, 0.15) is 6.07 Å². The van der Waals surface area contributed by atoms with Crippen LogP contribution >= 0.6 is 0 Å². The second-order valence-corrected chi connectivity index (χ2v) is 15.3. The summed E-state index contributed by atoms with van der Waals surface area (Å²) < 4.78 is 1.64. The SMILES string of the molecule is CN(CC1CCN(c2ccc(C3CCC(=O)NC3=O)cc2)CC1)C1CCC(NC(=O)c2cnc(-n3ncc4cc(C#N)cnc43)cc2NC2CC2)CC1. The lowest BCUT2D eigenvalue weighted by atomic mass is 9.88. The number of amides is 3. The molecular weight excluding hydrogens is 669 g/mol. The van der Waals surface area contributed by atoms with Gasteiger partial charge in [0.2, 0.25) is 11.8 Å². The largest absolute Gasteiger partial charge is 0.382 e. The summed E-state index contributed by atoms with van der Waals surface area (Å²) in [4.78, 5) is 51.5. The predicted octanol–water partition coefficient (Wildman–Crippen LogP) is 4.67. The zero-order chi connectivity index (χ0) is 36.5. The van der Waals surface area contributed by atoms with Gasteiger partial charge < -0.3 is 20.4 Å². The molecule has 2 aliphatic heterocycles. The zero-order valence-electron chi connectivity index (χ0n) is 30.1. The fraction of sp³-hybridized carbons (Fsp3) is 0.475. The molecule has 4 fully saturated rings. The Kier molecular flexibility index (Phi) is 9.79. The average Bonchev–Trinajstić information content (AvgIpc) is 3.90. The van der Waals surface area contributed by atoms with Gasteiger partial charge in [0, 0.05) is 73.7 Å². The monoisotopic (exact) mass is 714 g/mol. The number of benzene rings is 1. The number of fused-ring (bicyclic) bond motifs is 1. The molecule has 1 atom stereocenters. The highest BCUT2D eigenvalue weighted by Gasteiger charge is 2.31. The Morgan fingerprint density at radius 3 is 2.42 bits per heavy atom. The van der Waals surface area contributed by atoms with E-state index in [4.69, 9.17) is 0 Å². The second-order valence-electron chi connectivity index (χ2n) is 15.3. The van der Waals surface area contributed by atoms with Crippen molar-refractivity contribution in [1.29, 1.82) is 5.26 Å². The van der Waals surface area contributed by atoms with Crippen molar-refractivity contribution in [1.82, 2.24) is 35.3 Å². The minimum Gasteiger partial charge on any atom is -0.382 e. The molecule has 3 aromatic heterocycles. The Bertz CT molecular complexity index is 2040. The first-order chi connectivity index (χ1) is 25.8. The topological polar surface area (TPSA) is 161 Å². The van der Waals surface area contributed by atoms with Crippen molar-refractivity contribution in [2.45, 2.75) is 88.3 Å². The summed E-state index contributed by atoms with van der Waals surface area (Å²) in [7, 11) is 2.26. The minimum absolute atomic E-state index is 0.108. The second kappa shape index (κ2) is 14.9. The van der Waals surface area contributed by atoms with E-state index < -0.39 is 0 Å². The summed E-state index contributed by atoms with van der Waals surface area (Å²) in [6.07, 6.45) is 14.2. The van der Waals surface area contributed by atoms with Gasteiger partial charge in [-0.3, -0.25) is 19.7 Å². The quantitative estimate of drug-likeness (QED) is 0.197. The smallest absolute Gasteiger partial charge is 0.255 e. The van der Waals surface area contributed by atoms with Crippen molar-refractivity contribution in [2.75, 3.05) is 36.9 Å². The number of piperidine rings is 2. The number of pyridine rings is 2. The molecule has 1 aromatic carbocycles. The highest BCUT2D eigenvalue weighted by Crippen LogP contribution is 2.32. The van der Waals surface area contributed by atoms with Gasteiger partial charge >= 0.3 is 0 Å². The van der Waals surface area contributed by atoms with Crippen LogP contribution in [0.3, 0.4) is 0 Å². The van der Waals surface area contributed by atoms with E-state index in [1.165, 1.54) is 11.9 Å². The molecule has 4 aliphatic rings. The molecule has 2 saturated carbocycles. The lowest BCUT2D eigenvalue weighted by molar-refractivity contribution is -0.134. The Balaban J connectivity index is 0.814. The van der Waals surface area contributed by atoms with Gasteiger partial charge in [0.05, 0.1) is 28.9 Å². The molecular formula is C40H46N10O3. The molecule has 5 heterocycles. The van der Waals surface area contributed by atoms with Crippen LogP contribution in [0.15, 0.2) is 55.0 Å². The molecule has 3 N–H and O–H groups in total. The van der Waals surface area contributed by atoms with Crippen LogP contribution in [-0.4, -0.2) is 87.2 Å². The molecule has 8 rings (SSSR count). The van der Waals surface area contributed by atoms with Crippen molar-refractivity contribution in [3.8, 4) is 11.9 Å². The third-order valence-corrected chi connectivity index (χ3v) is 11.5. The maximum Gasteiger partial charge on any atom is 0.255 e. The van der Waals surface area contributed by atoms with E-state index in [1.54, 1.807) is 23.1 Å². The number of hydrogen-bond acceptors (Lipinski definition) is 10. The molecule has 0 spiro atoms. The molecule has 274 valence electrons. The van der Waals surface area contributed by atoms with E-state index in [1.807, 2.05) is 18.2 Å². The van der Waals surface area contributed by atoms with Crippen LogP contribution in [0.25, 0.3) is 16.9 Å². The number of imide groups is 1. The van der Waals surface area contributed by atoms with E-state index in [9.17, 15) is 19.6 Å². The third-order valence-electron chi connectivity index (χ3n) is 11.5. The molecule has 4 aromatic rings. The van der Waals surface area contributed by atoms with Crippen LogP contribution in [0, 0.1) is 17.2 Å². The number of nitrogens with one attached hydrogen (secondary N) is 3. The number of nitriles is 1. The molecule has 13 heteroatoms. The molecule has 3 amide bonds. The summed E-state index contributed by atoms with van der Waals surface area (Å²) in [6, 6.07) is 15.0. The van der Waals surface area contributed by atoms with Gasteiger partial charge in [-0.05, 0) is 94.5 Å². The van der Waals surface area contributed by atoms with Crippen molar-refractivity contribution in [2.24, 2.45) is 5.92 Å². The van der Waals surface area contributed by atoms with Gasteiger partial charge in [-0.15, -0.1) is 0 Å². The van der Waals surface area contributed by atoms with Crippen molar-refractivity contribution in [3.05, 3.63) is 71.7 Å². The Morgan fingerprint density at radius 2 is 1.70 bits per heavy atom. The summed E-state index contributed by atoms with van der Waals surface area (Å²) in [6.45, 7) is 3.11. The van der Waals surface area contributed by atoms with Crippen LogP contribution in [0.2, 0.25) is 0 Å². The molecule has 0 radical (unpaired) electrons. The van der Waals surface area contributed by atoms with E-state index in [0.717, 1.165) is 87.6 Å². The van der Waals surface area contributed by atoms with Gasteiger partial charge in [-0.25, -0.2) is 9.97 Å². The number of carbonyl (C=O) groups is 3. The van der Waals surface area contributed by atoms with E-state index in [-0.39, 0.29) is 29.7 Å². The number of hydrogen-bond donors (Lipinski definition) is 3. The average molecular weight is 715 g/mol. The van der Waals surface area contributed by atoms with Crippen molar-refractivity contribution < 1.29 is 14.4 Å². The van der Waals surface area contributed by atoms with Crippen LogP contribution < -0.4 is 20.9 Å². The highest BCUT2D eigenvalue weighted by atomic mass is 16.2. The first-order valence-corrected chi connectivity index (χ1v) is 19.0. The van der Waals surface area contributed by atoms with Crippen LogP contribution in [0.4, 0.5) is 11.4 Å². The van der Waals surface area contributed by atoms with E-state index in [0.29, 0.717) is 53.4 Å². The summed E-state index contributed by atoms with van der Waals surface area (Å²) in [5.41, 5.74) is 4.52. The first kappa shape index (κ1) is 34.7. The van der Waals surface area contributed by atoms with Gasteiger partial charge in [-0.1, -0.05) is 12.1 Å². The fourth-order valence-electron chi connectivity index (χ4n) is 8.24. The summed E-state index contributed by atoms with van der Waals surface area (Å²) >= 11 is 0. The molecule has 0 bridgehead atoms. The van der Waals surface area contributed by atoms with Crippen LogP contribution in [-0.2, 0) is 9.59 Å². The highest BCUT2D eigenvalue weighted by molar-refractivity contribution is 6.01. The molecule has 1 unspecified atom stereocenters. The summed E-state index contributed by atoms with van der Waals surface area (Å²) in [5, 5.41) is 23.8. The third kappa shape index (κ3) is 7.74. The van der Waals surface area contributed by atoms with Gasteiger partial charge in [-0.2, -0.15) is 15.0 Å². The van der Waals surface area contributed by atoms with Crippen molar-refractivity contribution in [3.63, 3.8) is 0 Å². The Morgan fingerprint density at radius 1 is 0.943 bits per heavy atom. The van der Waals surface area contributed by atoms with E-state index in [2.05, 4.69) is 66.1 Å². The maximum atomic E-state index is 13.6. The van der Waals surface area contributed by atoms with Gasteiger partial charge in [0.25, 0.3) is 5.91 Å². The normalized spacial score (nSPS) is 22.4. The maximum absolute atomic E-state index is 13.6. The minimum atomic E-state index is -0.248. The Labute approximate surface area is 309 Å². The number of anilines is 2. The number of carbonyl (C=O) groups excluding carboxylic acids is 3. The van der Waals surface area contributed by atoms with Gasteiger partial charge in [0.15, 0.2) is 11.5 Å². The number of aromatic nitrogens is 4. The summed E-state index contributed by atoms with van der Waals surface area (Å²) in [5.74, 6) is 0.481. The number of rotatable bonds is 10. The molecule has 2 saturated heterocycles. The van der Waals surface area contributed by atoms with Crippen LogP contribution in [0.5, 0.6) is 0 Å². The van der Waals surface area contributed by atoms with Crippen molar-refractivity contribution >= 4 is 40.1 Å². The number of nitrogens with zero attached hydrogens (tertiary/aromatic N) is 7. The van der Waals surface area contributed by atoms with E-state index >= 15 is 0 Å². The Hall–Kier alpha value is -5.35. The lowest BCUT2D eigenvalue weighted by Gasteiger charge is -2.39. The zero-order valence-corrected chi connectivity index (χ0v) is 30.1. The molecule has 2 aliphatic carbocycles. The molecule has 53 heavy (non-hydrogen) atoms. The lowest BCUT2D eigenvalue weighted by Crippen LogP contribution is -2.45. The predicted molar refractivity (Wildman–Crippen MR) is 201 cm³/mol.